The molecule has 3 nitrogen and oxygen atoms in total. The molecule has 3 heteroatoms. The van der Waals surface area contributed by atoms with Crippen LogP contribution in [0.15, 0.2) is 42.6 Å². The highest BCUT2D eigenvalue weighted by molar-refractivity contribution is 5.38. The van der Waals surface area contributed by atoms with Crippen molar-refractivity contribution in [3.63, 3.8) is 0 Å². The van der Waals surface area contributed by atoms with Crippen LogP contribution in [0, 0.1) is 0 Å². The first kappa shape index (κ1) is 13.1. The highest BCUT2D eigenvalue weighted by atomic mass is 16.3. The van der Waals surface area contributed by atoms with Crippen LogP contribution >= 0.6 is 0 Å². The number of fused-ring (bicyclic) bond motifs is 1. The number of pyridine rings is 1. The van der Waals surface area contributed by atoms with Crippen molar-refractivity contribution < 1.29 is 5.11 Å². The number of nitrogens with zero attached hydrogens (tertiary/aromatic N) is 1. The second kappa shape index (κ2) is 6.06. The third kappa shape index (κ3) is 2.99. The van der Waals surface area contributed by atoms with E-state index in [0.717, 1.165) is 31.5 Å². The van der Waals surface area contributed by atoms with E-state index < -0.39 is 0 Å². The number of aromatic hydroxyl groups is 1. The van der Waals surface area contributed by atoms with Crippen LogP contribution in [-0.2, 0) is 12.8 Å². The zero-order chi connectivity index (χ0) is 13.8. The summed E-state index contributed by atoms with van der Waals surface area (Å²) in [5.41, 5.74) is 3.74. The van der Waals surface area contributed by atoms with Crippen molar-refractivity contribution in [1.29, 1.82) is 0 Å². The molecular formula is C17H20N2O. The van der Waals surface area contributed by atoms with Crippen LogP contribution in [0.4, 0.5) is 0 Å². The number of hydrogen-bond acceptors (Lipinski definition) is 3. The lowest BCUT2D eigenvalue weighted by molar-refractivity contribution is 0.447. The molecule has 0 saturated heterocycles. The van der Waals surface area contributed by atoms with Gasteiger partial charge in [0.1, 0.15) is 5.75 Å². The number of rotatable bonds is 4. The summed E-state index contributed by atoms with van der Waals surface area (Å²) in [5, 5.41) is 13.3. The lowest BCUT2D eigenvalue weighted by Gasteiger charge is -2.26. The van der Waals surface area contributed by atoms with E-state index in [1.807, 2.05) is 24.4 Å². The van der Waals surface area contributed by atoms with Gasteiger partial charge in [-0.1, -0.05) is 12.1 Å². The van der Waals surface area contributed by atoms with E-state index in [4.69, 9.17) is 0 Å². The van der Waals surface area contributed by atoms with E-state index in [2.05, 4.69) is 22.4 Å². The molecule has 1 aliphatic carbocycles. The quantitative estimate of drug-likeness (QED) is 0.896. The van der Waals surface area contributed by atoms with Crippen molar-refractivity contribution in [2.24, 2.45) is 0 Å². The monoisotopic (exact) mass is 268 g/mol. The van der Waals surface area contributed by atoms with Crippen molar-refractivity contribution in [2.75, 3.05) is 6.54 Å². The first-order valence-electron chi connectivity index (χ1n) is 7.28. The lowest BCUT2D eigenvalue weighted by Crippen LogP contribution is -2.27. The van der Waals surface area contributed by atoms with Crippen LogP contribution < -0.4 is 5.32 Å². The molecular weight excluding hydrogens is 248 g/mol. The highest BCUT2D eigenvalue weighted by Crippen LogP contribution is 2.31. The molecule has 0 radical (unpaired) electrons. The van der Waals surface area contributed by atoms with Gasteiger partial charge >= 0.3 is 0 Å². The summed E-state index contributed by atoms with van der Waals surface area (Å²) in [7, 11) is 0. The van der Waals surface area contributed by atoms with E-state index in [1.165, 1.54) is 17.5 Å². The molecule has 1 aliphatic rings. The fourth-order valence-corrected chi connectivity index (χ4v) is 2.92. The summed E-state index contributed by atoms with van der Waals surface area (Å²) in [5.74, 6) is 0.363. The van der Waals surface area contributed by atoms with Gasteiger partial charge in [-0.2, -0.15) is 0 Å². The molecule has 2 aromatic rings. The second-order valence-corrected chi connectivity index (χ2v) is 5.35. The summed E-state index contributed by atoms with van der Waals surface area (Å²) in [6.45, 7) is 0.913. The largest absolute Gasteiger partial charge is 0.508 e. The minimum Gasteiger partial charge on any atom is -0.508 e. The number of hydrogen-bond donors (Lipinski definition) is 2. The third-order valence-corrected chi connectivity index (χ3v) is 3.94. The SMILES string of the molecule is Oc1ccc2c(c1)C(NCCc1ccccn1)CCC2. The summed E-state index contributed by atoms with van der Waals surface area (Å²) in [4.78, 5) is 4.34. The number of aryl methyl sites for hydroxylation is 1. The van der Waals surface area contributed by atoms with Gasteiger partial charge in [0.05, 0.1) is 0 Å². The minimum atomic E-state index is 0.356. The Hall–Kier alpha value is -1.87. The van der Waals surface area contributed by atoms with Crippen molar-refractivity contribution in [1.82, 2.24) is 10.3 Å². The maximum Gasteiger partial charge on any atom is 0.115 e. The summed E-state index contributed by atoms with van der Waals surface area (Å²) in [6.07, 6.45) is 6.24. The van der Waals surface area contributed by atoms with Crippen LogP contribution in [0.1, 0.15) is 35.7 Å². The predicted octanol–water partition coefficient (Wildman–Crippen LogP) is 3.00. The minimum absolute atomic E-state index is 0.356. The Bertz CT molecular complexity index is 568. The highest BCUT2D eigenvalue weighted by Gasteiger charge is 2.19. The predicted molar refractivity (Wildman–Crippen MR) is 79.7 cm³/mol. The van der Waals surface area contributed by atoms with Crippen molar-refractivity contribution in [3.8, 4) is 5.75 Å². The van der Waals surface area contributed by atoms with Gasteiger partial charge in [-0.25, -0.2) is 0 Å². The molecule has 0 aliphatic heterocycles. The molecule has 0 spiro atoms. The number of aromatic nitrogens is 1. The molecule has 0 bridgehead atoms. The first-order valence-corrected chi connectivity index (χ1v) is 7.28. The van der Waals surface area contributed by atoms with Crippen LogP contribution in [-0.4, -0.2) is 16.6 Å². The summed E-state index contributed by atoms with van der Waals surface area (Å²) in [6, 6.07) is 12.1. The number of phenols is 1. The zero-order valence-corrected chi connectivity index (χ0v) is 11.5. The lowest BCUT2D eigenvalue weighted by atomic mass is 9.87. The molecule has 1 aromatic heterocycles. The Balaban J connectivity index is 1.63. The fourth-order valence-electron chi connectivity index (χ4n) is 2.92. The molecule has 3 rings (SSSR count). The molecule has 20 heavy (non-hydrogen) atoms. The smallest absolute Gasteiger partial charge is 0.115 e. The Morgan fingerprint density at radius 3 is 3.05 bits per heavy atom. The Labute approximate surface area is 119 Å². The van der Waals surface area contributed by atoms with Crippen LogP contribution in [0.25, 0.3) is 0 Å². The van der Waals surface area contributed by atoms with Gasteiger partial charge in [0.25, 0.3) is 0 Å². The molecule has 1 atom stereocenters. The van der Waals surface area contributed by atoms with Crippen molar-refractivity contribution >= 4 is 0 Å². The number of nitrogens with one attached hydrogen (secondary N) is 1. The molecule has 0 fully saturated rings. The Kier molecular flexibility index (Phi) is 3.97. The second-order valence-electron chi connectivity index (χ2n) is 5.35. The number of benzene rings is 1. The van der Waals surface area contributed by atoms with Gasteiger partial charge < -0.3 is 10.4 Å². The standard InChI is InChI=1S/C17H20N2O/c20-15-8-7-13-4-3-6-17(16(13)12-15)19-11-9-14-5-1-2-10-18-14/h1-2,5,7-8,10,12,17,19-20H,3-4,6,9,11H2. The van der Waals surface area contributed by atoms with E-state index in [9.17, 15) is 5.11 Å². The molecule has 0 amide bonds. The van der Waals surface area contributed by atoms with Crippen LogP contribution in [0.3, 0.4) is 0 Å². The average molecular weight is 268 g/mol. The molecule has 1 unspecified atom stereocenters. The van der Waals surface area contributed by atoms with Gasteiger partial charge in [0.2, 0.25) is 0 Å². The Morgan fingerprint density at radius 2 is 2.20 bits per heavy atom. The zero-order valence-electron chi connectivity index (χ0n) is 11.5. The van der Waals surface area contributed by atoms with E-state index in [1.54, 1.807) is 6.07 Å². The number of phenolic OH excluding ortho intramolecular Hbond substituents is 1. The van der Waals surface area contributed by atoms with Crippen molar-refractivity contribution in [2.45, 2.75) is 31.7 Å². The van der Waals surface area contributed by atoms with Gasteiger partial charge in [0.15, 0.2) is 0 Å². The van der Waals surface area contributed by atoms with Crippen molar-refractivity contribution in [3.05, 3.63) is 59.4 Å². The van der Waals surface area contributed by atoms with E-state index in [-0.39, 0.29) is 0 Å². The van der Waals surface area contributed by atoms with Crippen LogP contribution in [0.2, 0.25) is 0 Å². The van der Waals surface area contributed by atoms with Gasteiger partial charge in [-0.3, -0.25) is 4.98 Å². The molecule has 2 N–H and O–H groups in total. The van der Waals surface area contributed by atoms with Gasteiger partial charge in [-0.05, 0) is 54.7 Å². The molecule has 104 valence electrons. The summed E-state index contributed by atoms with van der Waals surface area (Å²) >= 11 is 0. The fraction of sp³-hybridized carbons (Fsp3) is 0.353. The first-order chi connectivity index (χ1) is 9.83. The maximum atomic E-state index is 9.67. The van der Waals surface area contributed by atoms with Gasteiger partial charge in [0, 0.05) is 30.9 Å². The van der Waals surface area contributed by atoms with Gasteiger partial charge in [-0.15, -0.1) is 0 Å². The Morgan fingerprint density at radius 1 is 1.25 bits per heavy atom. The van der Waals surface area contributed by atoms with Crippen LogP contribution in [0.5, 0.6) is 5.75 Å². The average Bonchev–Trinajstić information content (AvgIpc) is 2.49. The van der Waals surface area contributed by atoms with E-state index in [0.29, 0.717) is 11.8 Å². The van der Waals surface area contributed by atoms with E-state index >= 15 is 0 Å². The molecule has 1 heterocycles. The summed E-state index contributed by atoms with van der Waals surface area (Å²) < 4.78 is 0. The maximum absolute atomic E-state index is 9.67. The normalized spacial score (nSPS) is 17.7. The molecule has 1 aromatic carbocycles. The topological polar surface area (TPSA) is 45.1 Å². The molecule has 0 saturated carbocycles. The third-order valence-electron chi connectivity index (χ3n) is 3.94.